The minimum Gasteiger partial charge on any atom is -0.411 e. The van der Waals surface area contributed by atoms with Gasteiger partial charge in [-0.2, -0.15) is 4.31 Å². The summed E-state index contributed by atoms with van der Waals surface area (Å²) in [5.74, 6) is -0.275. The van der Waals surface area contributed by atoms with E-state index in [1.165, 1.54) is 16.4 Å². The van der Waals surface area contributed by atoms with E-state index in [0.717, 1.165) is 5.69 Å². The zero-order valence-electron chi connectivity index (χ0n) is 16.8. The van der Waals surface area contributed by atoms with Crippen molar-refractivity contribution in [3.05, 3.63) is 59.9 Å². The number of rotatable bonds is 4. The molecule has 1 fully saturated rings. The van der Waals surface area contributed by atoms with Gasteiger partial charge in [-0.15, -0.1) is 0 Å². The predicted octanol–water partition coefficient (Wildman–Crippen LogP) is 2.57. The summed E-state index contributed by atoms with van der Waals surface area (Å²) in [6, 6.07) is 13.0. The minimum atomic E-state index is -3.71. The Morgan fingerprint density at radius 2 is 1.73 bits per heavy atom. The molecule has 0 amide bonds. The summed E-state index contributed by atoms with van der Waals surface area (Å²) < 4.78 is 41.4. The fourth-order valence-electron chi connectivity index (χ4n) is 4.24. The van der Waals surface area contributed by atoms with Gasteiger partial charge in [0.1, 0.15) is 17.7 Å². The van der Waals surface area contributed by atoms with E-state index in [-0.39, 0.29) is 10.7 Å². The number of fused-ring (bicyclic) bond motifs is 1. The van der Waals surface area contributed by atoms with Crippen LogP contribution < -0.4 is 4.90 Å². The molecule has 2 aliphatic heterocycles. The van der Waals surface area contributed by atoms with Gasteiger partial charge in [0.25, 0.3) is 0 Å². The Balaban J connectivity index is 1.64. The first-order valence-electron chi connectivity index (χ1n) is 10.0. The number of hydrogen-bond acceptors (Lipinski definition) is 6. The molecule has 7 nitrogen and oxygen atoms in total. The Bertz CT molecular complexity index is 1030. The van der Waals surface area contributed by atoms with Crippen LogP contribution in [-0.4, -0.2) is 67.4 Å². The van der Waals surface area contributed by atoms with Crippen molar-refractivity contribution in [2.45, 2.75) is 24.4 Å². The molecular weight excluding hydrogens is 407 g/mol. The predicted molar refractivity (Wildman–Crippen MR) is 113 cm³/mol. The van der Waals surface area contributed by atoms with Crippen molar-refractivity contribution in [3.8, 4) is 0 Å². The number of piperazine rings is 1. The van der Waals surface area contributed by atoms with Gasteiger partial charge in [0.15, 0.2) is 0 Å². The summed E-state index contributed by atoms with van der Waals surface area (Å²) in [6.07, 6.45) is -0.0168. The van der Waals surface area contributed by atoms with E-state index in [1.807, 2.05) is 11.8 Å². The Morgan fingerprint density at radius 1 is 1.07 bits per heavy atom. The van der Waals surface area contributed by atoms with Crippen molar-refractivity contribution in [3.63, 3.8) is 0 Å². The summed E-state index contributed by atoms with van der Waals surface area (Å²) in [7, 11) is -3.71. The lowest BCUT2D eigenvalue weighted by molar-refractivity contribution is 0.136. The summed E-state index contributed by atoms with van der Waals surface area (Å²) in [5.41, 5.74) is 1.72. The molecule has 0 radical (unpaired) electrons. The van der Waals surface area contributed by atoms with Crippen molar-refractivity contribution in [2.24, 2.45) is 5.16 Å². The maximum atomic E-state index is 13.3. The second-order valence-electron chi connectivity index (χ2n) is 7.47. The molecule has 2 aliphatic rings. The van der Waals surface area contributed by atoms with Gasteiger partial charge in [-0.1, -0.05) is 30.3 Å². The van der Waals surface area contributed by atoms with E-state index in [1.54, 1.807) is 36.4 Å². The number of benzene rings is 2. The number of hydrogen-bond donors (Lipinski definition) is 1. The highest BCUT2D eigenvalue weighted by Gasteiger charge is 2.45. The molecule has 30 heavy (non-hydrogen) atoms. The number of oxime groups is 1. The molecule has 1 saturated heterocycles. The highest BCUT2D eigenvalue weighted by molar-refractivity contribution is 7.89. The van der Waals surface area contributed by atoms with Gasteiger partial charge in [-0.3, -0.25) is 4.90 Å². The number of sulfonamides is 1. The molecule has 4 rings (SSSR count). The third-order valence-corrected chi connectivity index (χ3v) is 7.58. The molecule has 0 aliphatic carbocycles. The molecule has 2 aromatic carbocycles. The Morgan fingerprint density at radius 3 is 2.37 bits per heavy atom. The number of nitrogens with zero attached hydrogens (tertiary/aromatic N) is 4. The smallest absolute Gasteiger partial charge is 0.245 e. The SMILES string of the molecule is CCCN1C(N2CCN(c3ccc(F)cc3)CC2)C(=NO)c2ccccc2S1(=O)=O. The van der Waals surface area contributed by atoms with Crippen LogP contribution in [0, 0.1) is 5.82 Å². The maximum Gasteiger partial charge on any atom is 0.245 e. The first-order chi connectivity index (χ1) is 14.5. The van der Waals surface area contributed by atoms with E-state index in [0.29, 0.717) is 50.4 Å². The third-order valence-electron chi connectivity index (χ3n) is 5.67. The quantitative estimate of drug-likeness (QED) is 0.594. The molecule has 9 heteroatoms. The molecular formula is C21H25FN4O3S. The standard InChI is InChI=1S/C21H25FN4O3S/c1-2-11-26-21(20(23-27)18-5-3-4-6-19(18)30(26,28)29)25-14-12-24(13-15-25)17-9-7-16(22)8-10-17/h3-10,21,27H,2,11-15H2,1H3. The normalized spacial score (nSPS) is 23.5. The zero-order chi connectivity index (χ0) is 21.3. The van der Waals surface area contributed by atoms with Crippen molar-refractivity contribution < 1.29 is 18.0 Å². The van der Waals surface area contributed by atoms with Gasteiger partial charge in [0.2, 0.25) is 10.0 Å². The van der Waals surface area contributed by atoms with Crippen molar-refractivity contribution in [2.75, 3.05) is 37.6 Å². The van der Waals surface area contributed by atoms with Crippen molar-refractivity contribution >= 4 is 21.4 Å². The third kappa shape index (κ3) is 3.57. The molecule has 1 atom stereocenters. The Kier molecular flexibility index (Phi) is 5.77. The number of halogens is 1. The van der Waals surface area contributed by atoms with Crippen LogP contribution >= 0.6 is 0 Å². The van der Waals surface area contributed by atoms with Crippen LogP contribution in [-0.2, 0) is 10.0 Å². The van der Waals surface area contributed by atoms with Crippen LogP contribution in [0.4, 0.5) is 10.1 Å². The second-order valence-corrected chi connectivity index (χ2v) is 9.33. The Labute approximate surface area is 176 Å². The van der Waals surface area contributed by atoms with Crippen LogP contribution in [0.15, 0.2) is 58.6 Å². The molecule has 0 aromatic heterocycles. The van der Waals surface area contributed by atoms with Crippen LogP contribution in [0.5, 0.6) is 0 Å². The van der Waals surface area contributed by atoms with Gasteiger partial charge in [-0.05, 0) is 36.8 Å². The summed E-state index contributed by atoms with van der Waals surface area (Å²) in [4.78, 5) is 4.35. The minimum absolute atomic E-state index is 0.174. The van der Waals surface area contributed by atoms with E-state index < -0.39 is 16.2 Å². The van der Waals surface area contributed by atoms with Crippen LogP contribution in [0.3, 0.4) is 0 Å². The van der Waals surface area contributed by atoms with Gasteiger partial charge in [0, 0.05) is 44.0 Å². The monoisotopic (exact) mass is 432 g/mol. The van der Waals surface area contributed by atoms with Gasteiger partial charge >= 0.3 is 0 Å². The lowest BCUT2D eigenvalue weighted by Crippen LogP contribution is -2.62. The first-order valence-corrected chi connectivity index (χ1v) is 11.5. The Hall–Kier alpha value is -2.49. The molecule has 1 unspecified atom stereocenters. The molecule has 0 saturated carbocycles. The van der Waals surface area contributed by atoms with E-state index in [2.05, 4.69) is 10.1 Å². The average molecular weight is 433 g/mol. The highest BCUT2D eigenvalue weighted by atomic mass is 32.2. The summed E-state index contributed by atoms with van der Waals surface area (Å²) in [6.45, 7) is 4.73. The van der Waals surface area contributed by atoms with Crippen molar-refractivity contribution in [1.29, 1.82) is 0 Å². The molecule has 0 spiro atoms. The summed E-state index contributed by atoms with van der Waals surface area (Å²) >= 11 is 0. The molecule has 160 valence electrons. The highest BCUT2D eigenvalue weighted by Crippen LogP contribution is 2.33. The molecule has 2 heterocycles. The lowest BCUT2D eigenvalue weighted by atomic mass is 10.1. The first kappa shape index (κ1) is 20.8. The van der Waals surface area contributed by atoms with E-state index in [4.69, 9.17) is 0 Å². The topological polar surface area (TPSA) is 76.5 Å². The number of anilines is 1. The average Bonchev–Trinajstić information content (AvgIpc) is 2.76. The fourth-order valence-corrected chi connectivity index (χ4v) is 6.11. The second kappa shape index (κ2) is 8.33. The van der Waals surface area contributed by atoms with E-state index >= 15 is 0 Å². The molecule has 2 aromatic rings. The maximum absolute atomic E-state index is 13.3. The van der Waals surface area contributed by atoms with E-state index in [9.17, 15) is 18.0 Å². The van der Waals surface area contributed by atoms with Crippen LogP contribution in [0.2, 0.25) is 0 Å². The largest absolute Gasteiger partial charge is 0.411 e. The lowest BCUT2D eigenvalue weighted by Gasteiger charge is -2.45. The van der Waals surface area contributed by atoms with Gasteiger partial charge in [-0.25, -0.2) is 12.8 Å². The molecule has 1 N–H and O–H groups in total. The molecule has 0 bridgehead atoms. The van der Waals surface area contributed by atoms with Gasteiger partial charge < -0.3 is 10.1 Å². The van der Waals surface area contributed by atoms with Gasteiger partial charge in [0.05, 0.1) is 4.90 Å². The van der Waals surface area contributed by atoms with Crippen LogP contribution in [0.1, 0.15) is 18.9 Å². The fraction of sp³-hybridized carbons (Fsp3) is 0.381. The van der Waals surface area contributed by atoms with Crippen LogP contribution in [0.25, 0.3) is 0 Å². The zero-order valence-corrected chi connectivity index (χ0v) is 17.6. The van der Waals surface area contributed by atoms with Crippen molar-refractivity contribution in [1.82, 2.24) is 9.21 Å². The summed E-state index contributed by atoms with van der Waals surface area (Å²) in [5, 5.41) is 13.4.